The molecule has 0 spiro atoms. The van der Waals surface area contributed by atoms with Crippen molar-refractivity contribution in [3.05, 3.63) is 71.0 Å². The lowest BCUT2D eigenvalue weighted by Gasteiger charge is -2.61. The summed E-state index contributed by atoms with van der Waals surface area (Å²) in [5.41, 5.74) is -4.83. The molecule has 176 valence electrons. The standard InChI is InChI=1S/C23H28ClFO7/c1-3-15-9-10-16(18(25)11-15)12-21(29)22(24,30)19(28)20(13-26,14(2)27)32-23(21,31)17-7-5-4-6-8-17/h4-11,14,19,26-31H,3,12-13H2,1-2H3/t14-,19+,20+,21+,22-,23+/m0/s1. The van der Waals surface area contributed by atoms with E-state index in [0.29, 0.717) is 12.0 Å². The molecule has 7 nitrogen and oxygen atoms in total. The van der Waals surface area contributed by atoms with Crippen LogP contribution in [0.2, 0.25) is 0 Å². The molecular weight excluding hydrogens is 443 g/mol. The molecule has 0 amide bonds. The zero-order valence-corrected chi connectivity index (χ0v) is 18.5. The van der Waals surface area contributed by atoms with Crippen LogP contribution in [0.4, 0.5) is 4.39 Å². The summed E-state index contributed by atoms with van der Waals surface area (Å²) in [6.45, 7) is 1.93. The zero-order valence-electron chi connectivity index (χ0n) is 17.7. The summed E-state index contributed by atoms with van der Waals surface area (Å²) in [6, 6.07) is 11.6. The number of aliphatic hydroxyl groups excluding tert-OH is 3. The number of halogens is 2. The van der Waals surface area contributed by atoms with E-state index in [1.807, 2.05) is 6.92 Å². The highest BCUT2D eigenvalue weighted by Crippen LogP contribution is 2.55. The molecule has 6 N–H and O–H groups in total. The molecule has 32 heavy (non-hydrogen) atoms. The summed E-state index contributed by atoms with van der Waals surface area (Å²) in [4.78, 5) is 0. The normalized spacial score (nSPS) is 36.1. The molecule has 0 bridgehead atoms. The zero-order chi connectivity index (χ0) is 23.9. The predicted octanol–water partition coefficient (Wildman–Crippen LogP) is 0.937. The van der Waals surface area contributed by atoms with Gasteiger partial charge in [-0.15, -0.1) is 0 Å². The van der Waals surface area contributed by atoms with Gasteiger partial charge in [0.25, 0.3) is 0 Å². The second-order valence-electron chi connectivity index (χ2n) is 8.29. The van der Waals surface area contributed by atoms with Crippen LogP contribution >= 0.6 is 11.6 Å². The summed E-state index contributed by atoms with van der Waals surface area (Å²) >= 11 is 6.30. The molecule has 9 heteroatoms. The fourth-order valence-electron chi connectivity index (χ4n) is 4.20. The molecule has 0 aromatic heterocycles. The van der Waals surface area contributed by atoms with Crippen LogP contribution in [0.5, 0.6) is 0 Å². The fraction of sp³-hybridized carbons (Fsp3) is 0.478. The van der Waals surface area contributed by atoms with Crippen LogP contribution in [0.15, 0.2) is 48.5 Å². The Morgan fingerprint density at radius 2 is 1.75 bits per heavy atom. The second kappa shape index (κ2) is 8.62. The molecule has 0 saturated carbocycles. The second-order valence-corrected chi connectivity index (χ2v) is 8.87. The minimum absolute atomic E-state index is 0.0995. The molecule has 1 heterocycles. The van der Waals surface area contributed by atoms with Gasteiger partial charge >= 0.3 is 0 Å². The van der Waals surface area contributed by atoms with E-state index in [1.165, 1.54) is 36.4 Å². The van der Waals surface area contributed by atoms with Crippen molar-refractivity contribution in [2.75, 3.05) is 6.61 Å². The van der Waals surface area contributed by atoms with E-state index >= 15 is 0 Å². The van der Waals surface area contributed by atoms with E-state index < -0.39 is 53.1 Å². The van der Waals surface area contributed by atoms with Crippen LogP contribution in [0.1, 0.15) is 30.5 Å². The lowest BCUT2D eigenvalue weighted by Crippen LogP contribution is -2.82. The SMILES string of the molecule is CCc1ccc(C[C@]2(O)[C@@](O)(c3ccccc3)O[C@](CO)([C@H](C)O)[C@@H](O)[C@@]2(O)Cl)c(F)c1. The Morgan fingerprint density at radius 1 is 1.12 bits per heavy atom. The number of benzene rings is 2. The monoisotopic (exact) mass is 470 g/mol. The largest absolute Gasteiger partial charge is 0.393 e. The quantitative estimate of drug-likeness (QED) is 0.346. The molecular formula is C23H28ClFO7. The third-order valence-electron chi connectivity index (χ3n) is 6.39. The molecule has 2 aromatic rings. The van der Waals surface area contributed by atoms with Gasteiger partial charge in [-0.1, -0.05) is 61.0 Å². The summed E-state index contributed by atoms with van der Waals surface area (Å²) in [5, 5.41) is 62.7. The van der Waals surface area contributed by atoms with Gasteiger partial charge in [-0.2, -0.15) is 0 Å². The maximum atomic E-state index is 14.8. The molecule has 1 saturated heterocycles. The van der Waals surface area contributed by atoms with Crippen molar-refractivity contribution in [2.45, 2.75) is 60.9 Å². The van der Waals surface area contributed by atoms with E-state index in [9.17, 15) is 35.0 Å². The molecule has 6 atom stereocenters. The Kier molecular flexibility index (Phi) is 6.74. The summed E-state index contributed by atoms with van der Waals surface area (Å²) in [6.07, 6.45) is -4.14. The average Bonchev–Trinajstić information content (AvgIpc) is 2.77. The van der Waals surface area contributed by atoms with Crippen molar-refractivity contribution < 1.29 is 39.8 Å². The Hall–Kier alpha value is -1.62. The third-order valence-corrected chi connectivity index (χ3v) is 6.91. The van der Waals surface area contributed by atoms with Crippen molar-refractivity contribution in [3.8, 4) is 0 Å². The van der Waals surface area contributed by atoms with Crippen molar-refractivity contribution in [1.29, 1.82) is 0 Å². The molecule has 1 aliphatic heterocycles. The van der Waals surface area contributed by atoms with Crippen molar-refractivity contribution in [1.82, 2.24) is 0 Å². The topological polar surface area (TPSA) is 131 Å². The molecule has 2 aromatic carbocycles. The Bertz CT molecular complexity index is 957. The molecule has 3 rings (SSSR count). The Balaban J connectivity index is 2.25. The maximum Gasteiger partial charge on any atom is 0.227 e. The van der Waals surface area contributed by atoms with Crippen LogP contribution < -0.4 is 0 Å². The highest BCUT2D eigenvalue weighted by Gasteiger charge is 2.76. The van der Waals surface area contributed by atoms with Gasteiger partial charge in [-0.25, -0.2) is 4.39 Å². The van der Waals surface area contributed by atoms with Crippen molar-refractivity contribution >= 4 is 11.6 Å². The van der Waals surface area contributed by atoms with Gasteiger partial charge in [-0.3, -0.25) is 0 Å². The number of hydrogen-bond acceptors (Lipinski definition) is 7. The van der Waals surface area contributed by atoms with Crippen LogP contribution in [-0.2, 0) is 23.4 Å². The van der Waals surface area contributed by atoms with Gasteiger partial charge in [0, 0.05) is 12.0 Å². The van der Waals surface area contributed by atoms with Crippen molar-refractivity contribution in [3.63, 3.8) is 0 Å². The Labute approximate surface area is 190 Å². The number of ether oxygens (including phenoxy) is 1. The molecule has 1 aliphatic rings. The van der Waals surface area contributed by atoms with E-state index in [0.717, 1.165) is 6.92 Å². The van der Waals surface area contributed by atoms with Crippen LogP contribution in [0.3, 0.4) is 0 Å². The van der Waals surface area contributed by atoms with Gasteiger partial charge in [0.1, 0.15) is 11.9 Å². The van der Waals surface area contributed by atoms with Gasteiger partial charge in [0.2, 0.25) is 10.8 Å². The first-order valence-electron chi connectivity index (χ1n) is 10.3. The van der Waals surface area contributed by atoms with Gasteiger partial charge < -0.3 is 35.4 Å². The number of hydrogen-bond donors (Lipinski definition) is 6. The van der Waals surface area contributed by atoms with Gasteiger partial charge in [-0.05, 0) is 30.5 Å². The van der Waals surface area contributed by atoms with Crippen LogP contribution in [0.25, 0.3) is 0 Å². The van der Waals surface area contributed by atoms with Crippen LogP contribution in [0, 0.1) is 5.82 Å². The fourth-order valence-corrected chi connectivity index (χ4v) is 4.58. The first-order chi connectivity index (χ1) is 14.9. The lowest BCUT2D eigenvalue weighted by molar-refractivity contribution is -0.444. The minimum atomic E-state index is -3.09. The van der Waals surface area contributed by atoms with E-state index in [2.05, 4.69) is 0 Å². The number of aliphatic hydroxyl groups is 6. The lowest BCUT2D eigenvalue weighted by atomic mass is 9.68. The minimum Gasteiger partial charge on any atom is -0.393 e. The first kappa shape index (κ1) is 25.0. The van der Waals surface area contributed by atoms with E-state index in [1.54, 1.807) is 12.1 Å². The highest BCUT2D eigenvalue weighted by atomic mass is 35.5. The third kappa shape index (κ3) is 3.55. The number of alkyl halides is 1. The summed E-state index contributed by atoms with van der Waals surface area (Å²) in [7, 11) is 0. The van der Waals surface area contributed by atoms with E-state index in [-0.39, 0.29) is 11.1 Å². The summed E-state index contributed by atoms with van der Waals surface area (Å²) in [5.74, 6) is -3.59. The molecule has 0 aliphatic carbocycles. The first-order valence-corrected chi connectivity index (χ1v) is 10.6. The van der Waals surface area contributed by atoms with Gasteiger partial charge in [0.05, 0.1) is 12.7 Å². The molecule has 1 fully saturated rings. The maximum absolute atomic E-state index is 14.8. The smallest absolute Gasteiger partial charge is 0.227 e. The predicted molar refractivity (Wildman–Crippen MR) is 114 cm³/mol. The molecule has 0 radical (unpaired) electrons. The van der Waals surface area contributed by atoms with Gasteiger partial charge in [0.15, 0.2) is 11.2 Å². The Morgan fingerprint density at radius 3 is 2.25 bits per heavy atom. The van der Waals surface area contributed by atoms with Crippen molar-refractivity contribution in [2.24, 2.45) is 0 Å². The average molecular weight is 471 g/mol. The number of aryl methyl sites for hydroxylation is 1. The van der Waals surface area contributed by atoms with E-state index in [4.69, 9.17) is 16.3 Å². The number of rotatable bonds is 6. The highest BCUT2D eigenvalue weighted by molar-refractivity contribution is 6.24. The summed E-state index contributed by atoms with van der Waals surface area (Å²) < 4.78 is 20.5. The molecule has 0 unspecified atom stereocenters. The van der Waals surface area contributed by atoms with Crippen LogP contribution in [-0.4, -0.2) is 65.7 Å².